The van der Waals surface area contributed by atoms with Crippen molar-refractivity contribution in [1.29, 1.82) is 0 Å². The molecule has 5 heteroatoms. The zero-order valence-electron chi connectivity index (χ0n) is 7.03. The quantitative estimate of drug-likeness (QED) is 0.783. The van der Waals surface area contributed by atoms with E-state index in [2.05, 4.69) is 15.9 Å². The third-order valence-corrected chi connectivity index (χ3v) is 2.83. The molecule has 0 radical (unpaired) electrons. The van der Waals surface area contributed by atoms with E-state index in [1.54, 1.807) is 12.1 Å². The Morgan fingerprint density at radius 2 is 1.85 bits per heavy atom. The molecule has 1 aromatic rings. The van der Waals surface area contributed by atoms with Crippen molar-refractivity contribution < 1.29 is 13.2 Å². The summed E-state index contributed by atoms with van der Waals surface area (Å²) in [6, 6.07) is 6.29. The molecule has 0 aliphatic carbocycles. The molecule has 0 unspecified atom stereocenters. The van der Waals surface area contributed by atoms with Crippen LogP contribution in [0.1, 0.15) is 0 Å². The molecule has 0 aliphatic heterocycles. The minimum atomic E-state index is -3.10. The summed E-state index contributed by atoms with van der Waals surface area (Å²) >= 11 is 3.10. The van der Waals surface area contributed by atoms with E-state index < -0.39 is 9.84 Å². The van der Waals surface area contributed by atoms with Crippen LogP contribution >= 0.6 is 15.9 Å². The van der Waals surface area contributed by atoms with Crippen LogP contribution in [0, 0.1) is 0 Å². The first-order valence-electron chi connectivity index (χ1n) is 3.53. The fourth-order valence-electron chi connectivity index (χ4n) is 0.846. The predicted octanol–water partition coefficient (Wildman–Crippen LogP) is 1.82. The third kappa shape index (κ3) is 3.00. The summed E-state index contributed by atoms with van der Waals surface area (Å²) in [5.41, 5.74) is 0.394. The summed E-state index contributed by atoms with van der Waals surface area (Å²) < 4.78 is 27.2. The van der Waals surface area contributed by atoms with Crippen molar-refractivity contribution in [3.63, 3.8) is 0 Å². The van der Waals surface area contributed by atoms with Crippen LogP contribution in [0.25, 0.3) is 0 Å². The Balaban J connectivity index is 2.94. The molecule has 1 rings (SSSR count). The van der Waals surface area contributed by atoms with E-state index in [9.17, 15) is 8.42 Å². The lowest BCUT2D eigenvalue weighted by Gasteiger charge is -2.02. The van der Waals surface area contributed by atoms with Crippen LogP contribution in [-0.4, -0.2) is 20.2 Å². The van der Waals surface area contributed by atoms with Gasteiger partial charge in [-0.2, -0.15) is 0 Å². The molecule has 0 spiro atoms. The highest BCUT2D eigenvalue weighted by Crippen LogP contribution is 2.15. The van der Waals surface area contributed by atoms with Gasteiger partial charge in [0.2, 0.25) is 0 Å². The highest BCUT2D eigenvalue weighted by atomic mass is 79.9. The van der Waals surface area contributed by atoms with Gasteiger partial charge >= 0.3 is 0 Å². The topological polar surface area (TPSA) is 43.4 Å². The molecule has 0 saturated heterocycles. The van der Waals surface area contributed by atoms with Crippen LogP contribution in [0.15, 0.2) is 29.2 Å². The molecule has 0 fully saturated rings. The Morgan fingerprint density at radius 3 is 2.23 bits per heavy atom. The van der Waals surface area contributed by atoms with Gasteiger partial charge in [-0.1, -0.05) is 0 Å². The first-order chi connectivity index (χ1) is 6.04. The first-order valence-corrected chi connectivity index (χ1v) is 6.54. The van der Waals surface area contributed by atoms with Gasteiger partial charge in [0.1, 0.15) is 11.3 Å². The van der Waals surface area contributed by atoms with Crippen molar-refractivity contribution in [2.75, 3.05) is 11.8 Å². The molecule has 0 aromatic heterocycles. The van der Waals surface area contributed by atoms with Crippen LogP contribution in [0.5, 0.6) is 5.75 Å². The molecule has 0 amide bonds. The van der Waals surface area contributed by atoms with Crippen LogP contribution in [0.3, 0.4) is 0 Å². The SMILES string of the molecule is CS(=O)(=O)c1ccc(OCBr)cc1. The van der Waals surface area contributed by atoms with Crippen LogP contribution < -0.4 is 4.74 Å². The van der Waals surface area contributed by atoms with Crippen LogP contribution in [-0.2, 0) is 9.84 Å². The number of hydrogen-bond donors (Lipinski definition) is 0. The summed E-state index contributed by atoms with van der Waals surface area (Å²) in [6.45, 7) is 0. The molecule has 0 atom stereocenters. The van der Waals surface area contributed by atoms with Crippen molar-refractivity contribution >= 4 is 25.8 Å². The van der Waals surface area contributed by atoms with Gasteiger partial charge in [-0.05, 0) is 40.2 Å². The van der Waals surface area contributed by atoms with E-state index in [0.29, 0.717) is 16.2 Å². The second kappa shape index (κ2) is 4.11. The average molecular weight is 265 g/mol. The zero-order chi connectivity index (χ0) is 9.90. The van der Waals surface area contributed by atoms with Gasteiger partial charge in [0, 0.05) is 6.26 Å². The molecule has 72 valence electrons. The molecule has 3 nitrogen and oxygen atoms in total. The Labute approximate surface area is 85.8 Å². The summed E-state index contributed by atoms with van der Waals surface area (Å²) in [5, 5.41) is 0. The van der Waals surface area contributed by atoms with Gasteiger partial charge in [0.05, 0.1) is 4.90 Å². The average Bonchev–Trinajstić information content (AvgIpc) is 2.04. The van der Waals surface area contributed by atoms with E-state index >= 15 is 0 Å². The summed E-state index contributed by atoms with van der Waals surface area (Å²) in [6.07, 6.45) is 1.17. The van der Waals surface area contributed by atoms with Crippen LogP contribution in [0.4, 0.5) is 0 Å². The number of sulfone groups is 1. The molecule has 0 heterocycles. The maximum Gasteiger partial charge on any atom is 0.175 e. The number of rotatable bonds is 3. The lowest BCUT2D eigenvalue weighted by Crippen LogP contribution is -1.96. The van der Waals surface area contributed by atoms with Gasteiger partial charge in [-0.3, -0.25) is 0 Å². The van der Waals surface area contributed by atoms with E-state index in [4.69, 9.17) is 4.74 Å². The molecule has 0 N–H and O–H groups in total. The smallest absolute Gasteiger partial charge is 0.175 e. The second-order valence-electron chi connectivity index (χ2n) is 2.50. The summed E-state index contributed by atoms with van der Waals surface area (Å²) in [5.74, 6) is 0.643. The largest absolute Gasteiger partial charge is 0.482 e. The van der Waals surface area contributed by atoms with E-state index in [-0.39, 0.29) is 0 Å². The third-order valence-electron chi connectivity index (χ3n) is 1.47. The van der Waals surface area contributed by atoms with Gasteiger partial charge in [-0.25, -0.2) is 8.42 Å². The fourth-order valence-corrected chi connectivity index (χ4v) is 1.74. The Bertz CT molecular complexity index is 369. The van der Waals surface area contributed by atoms with Gasteiger partial charge in [0.15, 0.2) is 9.84 Å². The number of hydrogen-bond acceptors (Lipinski definition) is 3. The van der Waals surface area contributed by atoms with Crippen molar-refractivity contribution in [3.8, 4) is 5.75 Å². The molecular weight excluding hydrogens is 256 g/mol. The number of ether oxygens (including phenoxy) is 1. The van der Waals surface area contributed by atoms with Gasteiger partial charge in [0.25, 0.3) is 0 Å². The minimum absolute atomic E-state index is 0.300. The summed E-state index contributed by atoms with van der Waals surface area (Å²) in [7, 11) is -3.10. The standard InChI is InChI=1S/C8H9BrO3S/c1-13(10,11)8-4-2-7(3-5-8)12-6-9/h2-5H,6H2,1H3. The van der Waals surface area contributed by atoms with Crippen LogP contribution in [0.2, 0.25) is 0 Å². The number of benzene rings is 1. The Hall–Kier alpha value is -0.550. The monoisotopic (exact) mass is 264 g/mol. The lowest BCUT2D eigenvalue weighted by atomic mass is 10.3. The maximum absolute atomic E-state index is 11.1. The van der Waals surface area contributed by atoms with Crippen molar-refractivity contribution in [3.05, 3.63) is 24.3 Å². The highest BCUT2D eigenvalue weighted by Gasteiger charge is 2.05. The molecule has 0 aliphatic rings. The van der Waals surface area contributed by atoms with Crippen molar-refractivity contribution in [1.82, 2.24) is 0 Å². The second-order valence-corrected chi connectivity index (χ2v) is 4.97. The lowest BCUT2D eigenvalue weighted by molar-refractivity contribution is 0.397. The van der Waals surface area contributed by atoms with E-state index in [0.717, 1.165) is 0 Å². The first kappa shape index (κ1) is 10.5. The van der Waals surface area contributed by atoms with Crippen molar-refractivity contribution in [2.45, 2.75) is 4.90 Å². The molecule has 0 bridgehead atoms. The predicted molar refractivity (Wildman–Crippen MR) is 54.0 cm³/mol. The maximum atomic E-state index is 11.1. The zero-order valence-corrected chi connectivity index (χ0v) is 9.43. The van der Waals surface area contributed by atoms with E-state index in [1.165, 1.54) is 18.4 Å². The normalized spacial score (nSPS) is 11.2. The fraction of sp³-hybridized carbons (Fsp3) is 0.250. The van der Waals surface area contributed by atoms with Gasteiger partial charge in [-0.15, -0.1) is 0 Å². The highest BCUT2D eigenvalue weighted by molar-refractivity contribution is 9.09. The Morgan fingerprint density at radius 1 is 1.31 bits per heavy atom. The molecular formula is C8H9BrO3S. The number of halogens is 1. The number of alkyl halides is 1. The molecule has 0 saturated carbocycles. The summed E-state index contributed by atoms with van der Waals surface area (Å²) in [4.78, 5) is 0.300. The van der Waals surface area contributed by atoms with Crippen molar-refractivity contribution in [2.24, 2.45) is 0 Å². The van der Waals surface area contributed by atoms with Gasteiger partial charge < -0.3 is 4.74 Å². The minimum Gasteiger partial charge on any atom is -0.482 e. The Kier molecular flexibility index (Phi) is 3.33. The van der Waals surface area contributed by atoms with E-state index in [1.807, 2.05) is 0 Å². The molecule has 13 heavy (non-hydrogen) atoms. The molecule has 1 aromatic carbocycles.